The van der Waals surface area contributed by atoms with E-state index >= 15 is 0 Å². The van der Waals surface area contributed by atoms with Crippen LogP contribution in [0.15, 0.2) is 78.9 Å². The summed E-state index contributed by atoms with van der Waals surface area (Å²) in [6.07, 6.45) is 0. The van der Waals surface area contributed by atoms with Crippen molar-refractivity contribution in [3.8, 4) is 11.5 Å². The van der Waals surface area contributed by atoms with Crippen molar-refractivity contribution in [1.82, 2.24) is 0 Å². The number of nitro benzene ring substituents is 1. The highest BCUT2D eigenvalue weighted by Gasteiger charge is 2.18. The minimum Gasteiger partial charge on any atom is -0.457 e. The van der Waals surface area contributed by atoms with Gasteiger partial charge >= 0.3 is 0 Å². The molecule has 2 N–H and O–H groups in total. The van der Waals surface area contributed by atoms with Crippen molar-refractivity contribution in [1.29, 1.82) is 0 Å². The summed E-state index contributed by atoms with van der Waals surface area (Å²) in [7, 11) is 0. The number of ether oxygens (including phenoxy) is 1. The average Bonchev–Trinajstić information content (AvgIpc) is 2.70. The van der Waals surface area contributed by atoms with Gasteiger partial charge in [-0.3, -0.25) is 14.9 Å². The van der Waals surface area contributed by atoms with E-state index < -0.39 is 11.0 Å². The van der Waals surface area contributed by atoms with Crippen LogP contribution < -0.4 is 15.4 Å². The highest BCUT2D eigenvalue weighted by atomic mass is 16.6. The summed E-state index contributed by atoms with van der Waals surface area (Å²) in [4.78, 5) is 22.9. The number of para-hydroxylation sites is 3. The van der Waals surface area contributed by atoms with Gasteiger partial charge < -0.3 is 15.4 Å². The third kappa shape index (κ3) is 4.85. The molecule has 0 saturated heterocycles. The van der Waals surface area contributed by atoms with E-state index in [0.717, 1.165) is 11.4 Å². The Morgan fingerprint density at radius 1 is 0.929 bits per heavy atom. The van der Waals surface area contributed by atoms with Crippen LogP contribution >= 0.6 is 0 Å². The average molecular weight is 377 g/mol. The zero-order chi connectivity index (χ0) is 19.9. The molecule has 3 rings (SSSR count). The van der Waals surface area contributed by atoms with E-state index in [9.17, 15) is 14.9 Å². The van der Waals surface area contributed by atoms with Crippen molar-refractivity contribution < 1.29 is 14.5 Å². The van der Waals surface area contributed by atoms with Crippen LogP contribution in [0.4, 0.5) is 17.1 Å². The molecule has 0 radical (unpaired) electrons. The maximum absolute atomic E-state index is 12.4. The largest absolute Gasteiger partial charge is 0.457 e. The topological polar surface area (TPSA) is 93.5 Å². The van der Waals surface area contributed by atoms with Gasteiger partial charge in [-0.1, -0.05) is 30.3 Å². The second-order valence-electron chi connectivity index (χ2n) is 6.07. The standard InChI is InChI=1S/C21H19N3O4/c1-15(21(25)23-19-9-5-6-10-20(19)24(26)27)22-16-11-13-18(14-12-16)28-17-7-3-2-4-8-17/h2-15,22H,1H3,(H,23,25)/t15-/m0/s1. The summed E-state index contributed by atoms with van der Waals surface area (Å²) in [5.74, 6) is 1.04. The molecule has 3 aromatic rings. The Labute approximate surface area is 162 Å². The van der Waals surface area contributed by atoms with Gasteiger partial charge in [-0.15, -0.1) is 0 Å². The Balaban J connectivity index is 1.60. The molecule has 7 nitrogen and oxygen atoms in total. The van der Waals surface area contributed by atoms with Crippen molar-refractivity contribution in [3.05, 3.63) is 89.0 Å². The molecule has 0 aliphatic carbocycles. The predicted octanol–water partition coefficient (Wildman–Crippen LogP) is 4.83. The number of benzene rings is 3. The minimum atomic E-state index is -0.597. The van der Waals surface area contributed by atoms with E-state index in [0.29, 0.717) is 5.75 Å². The summed E-state index contributed by atoms with van der Waals surface area (Å²) < 4.78 is 5.73. The van der Waals surface area contributed by atoms with Crippen LogP contribution in [0.5, 0.6) is 11.5 Å². The number of rotatable bonds is 7. The van der Waals surface area contributed by atoms with Gasteiger partial charge in [-0.2, -0.15) is 0 Å². The number of amides is 1. The first-order valence-corrected chi connectivity index (χ1v) is 8.67. The number of hydrogen-bond acceptors (Lipinski definition) is 5. The second-order valence-corrected chi connectivity index (χ2v) is 6.07. The third-order valence-electron chi connectivity index (χ3n) is 3.97. The van der Waals surface area contributed by atoms with E-state index in [4.69, 9.17) is 4.74 Å². The quantitative estimate of drug-likeness (QED) is 0.454. The molecule has 7 heteroatoms. The van der Waals surface area contributed by atoms with Gasteiger partial charge in [-0.25, -0.2) is 0 Å². The van der Waals surface area contributed by atoms with Crippen molar-refractivity contribution >= 4 is 23.0 Å². The first-order valence-electron chi connectivity index (χ1n) is 8.67. The summed E-state index contributed by atoms with van der Waals surface area (Å²) in [6.45, 7) is 1.68. The summed E-state index contributed by atoms with van der Waals surface area (Å²) in [6, 6.07) is 22.0. The molecule has 0 unspecified atom stereocenters. The van der Waals surface area contributed by atoms with Crippen molar-refractivity contribution in [3.63, 3.8) is 0 Å². The Morgan fingerprint density at radius 3 is 2.21 bits per heavy atom. The summed E-state index contributed by atoms with van der Waals surface area (Å²) >= 11 is 0. The fourth-order valence-electron chi connectivity index (χ4n) is 2.54. The molecule has 0 heterocycles. The molecule has 0 aliphatic rings. The summed E-state index contributed by atoms with van der Waals surface area (Å²) in [5.41, 5.74) is 0.744. The van der Waals surface area contributed by atoms with Crippen LogP contribution in [0.1, 0.15) is 6.92 Å². The number of nitro groups is 1. The number of carbonyl (C=O) groups is 1. The molecule has 0 fully saturated rings. The molecule has 0 saturated carbocycles. The van der Waals surface area contributed by atoms with Crippen LogP contribution in [0.3, 0.4) is 0 Å². The summed E-state index contributed by atoms with van der Waals surface area (Å²) in [5, 5.41) is 16.7. The van der Waals surface area contributed by atoms with Crippen molar-refractivity contribution in [2.45, 2.75) is 13.0 Å². The third-order valence-corrected chi connectivity index (χ3v) is 3.97. The molecule has 1 amide bonds. The maximum atomic E-state index is 12.4. The molecule has 142 valence electrons. The SMILES string of the molecule is C[C@H](Nc1ccc(Oc2ccccc2)cc1)C(=O)Nc1ccccc1[N+](=O)[O-]. The molecule has 28 heavy (non-hydrogen) atoms. The predicted molar refractivity (Wildman–Crippen MR) is 108 cm³/mol. The number of hydrogen-bond donors (Lipinski definition) is 2. The minimum absolute atomic E-state index is 0.148. The Kier molecular flexibility index (Phi) is 5.86. The molecule has 0 spiro atoms. The van der Waals surface area contributed by atoms with Gasteiger partial charge in [-0.05, 0) is 49.4 Å². The molecule has 3 aromatic carbocycles. The molecule has 0 aliphatic heterocycles. The lowest BCUT2D eigenvalue weighted by Crippen LogP contribution is -2.32. The molecular weight excluding hydrogens is 358 g/mol. The highest BCUT2D eigenvalue weighted by molar-refractivity contribution is 5.97. The molecule has 1 atom stereocenters. The number of anilines is 2. The van der Waals surface area contributed by atoms with Gasteiger partial charge in [0.1, 0.15) is 23.2 Å². The zero-order valence-electron chi connectivity index (χ0n) is 15.2. The maximum Gasteiger partial charge on any atom is 0.292 e. The molecular formula is C21H19N3O4. The van der Waals surface area contributed by atoms with Gasteiger partial charge in [0, 0.05) is 11.8 Å². The second kappa shape index (κ2) is 8.68. The normalized spacial score (nSPS) is 11.3. The Bertz CT molecular complexity index is 959. The number of nitrogens with zero attached hydrogens (tertiary/aromatic N) is 1. The lowest BCUT2D eigenvalue weighted by atomic mass is 10.2. The first-order chi connectivity index (χ1) is 13.5. The molecule has 0 bridgehead atoms. The van der Waals surface area contributed by atoms with E-state index in [1.807, 2.05) is 30.3 Å². The lowest BCUT2D eigenvalue weighted by Gasteiger charge is -2.15. The number of carbonyl (C=O) groups excluding carboxylic acids is 1. The van der Waals surface area contributed by atoms with E-state index in [1.54, 1.807) is 43.3 Å². The van der Waals surface area contributed by atoms with Crippen LogP contribution in [0, 0.1) is 10.1 Å². The van der Waals surface area contributed by atoms with Gasteiger partial charge in [0.05, 0.1) is 4.92 Å². The van der Waals surface area contributed by atoms with Crippen molar-refractivity contribution in [2.24, 2.45) is 0 Å². The van der Waals surface area contributed by atoms with Crippen LogP contribution in [-0.2, 0) is 4.79 Å². The van der Waals surface area contributed by atoms with Gasteiger partial charge in [0.15, 0.2) is 0 Å². The van der Waals surface area contributed by atoms with Crippen LogP contribution in [0.25, 0.3) is 0 Å². The zero-order valence-corrected chi connectivity index (χ0v) is 15.2. The fraction of sp³-hybridized carbons (Fsp3) is 0.0952. The van der Waals surface area contributed by atoms with E-state index in [-0.39, 0.29) is 17.3 Å². The van der Waals surface area contributed by atoms with E-state index in [1.165, 1.54) is 12.1 Å². The first kappa shape index (κ1) is 18.9. The highest BCUT2D eigenvalue weighted by Crippen LogP contribution is 2.25. The monoisotopic (exact) mass is 377 g/mol. The fourth-order valence-corrected chi connectivity index (χ4v) is 2.54. The number of nitrogens with one attached hydrogen (secondary N) is 2. The lowest BCUT2D eigenvalue weighted by molar-refractivity contribution is -0.383. The van der Waals surface area contributed by atoms with Crippen LogP contribution in [0.2, 0.25) is 0 Å². The smallest absolute Gasteiger partial charge is 0.292 e. The van der Waals surface area contributed by atoms with Crippen LogP contribution in [-0.4, -0.2) is 16.9 Å². The van der Waals surface area contributed by atoms with E-state index in [2.05, 4.69) is 10.6 Å². The Hall–Kier alpha value is -3.87. The van der Waals surface area contributed by atoms with Crippen molar-refractivity contribution in [2.75, 3.05) is 10.6 Å². The van der Waals surface area contributed by atoms with Gasteiger partial charge in [0.25, 0.3) is 5.69 Å². The Morgan fingerprint density at radius 2 is 1.54 bits per heavy atom. The van der Waals surface area contributed by atoms with Gasteiger partial charge in [0.2, 0.25) is 5.91 Å². The molecule has 0 aromatic heterocycles.